The van der Waals surface area contributed by atoms with Crippen LogP contribution in [-0.2, 0) is 24.9 Å². The maximum absolute atomic E-state index is 10.1. The fourth-order valence-electron chi connectivity index (χ4n) is 0.379. The molecule has 0 saturated carbocycles. The molecular formula is C3H11O7P2S+. The van der Waals surface area contributed by atoms with Gasteiger partial charge < -0.3 is 9.79 Å². The summed E-state index contributed by atoms with van der Waals surface area (Å²) in [6.45, 7) is -0.574. The van der Waals surface area contributed by atoms with Gasteiger partial charge in [-0.2, -0.15) is 0 Å². The Morgan fingerprint density at radius 3 is 1.92 bits per heavy atom. The van der Waals surface area contributed by atoms with E-state index in [1.165, 1.54) is 0 Å². The molecule has 0 aliphatic rings. The van der Waals surface area contributed by atoms with Gasteiger partial charge in [-0.3, -0.25) is 9.79 Å². The van der Waals surface area contributed by atoms with Gasteiger partial charge in [0.05, 0.1) is 0 Å². The number of hydrogen-bond acceptors (Lipinski definition) is 3. The summed E-state index contributed by atoms with van der Waals surface area (Å²) < 4.78 is 17.4. The van der Waals surface area contributed by atoms with Gasteiger partial charge in [0.2, 0.25) is 10.9 Å². The van der Waals surface area contributed by atoms with Crippen molar-refractivity contribution in [2.75, 3.05) is 0 Å². The van der Waals surface area contributed by atoms with Crippen LogP contribution >= 0.6 is 14.5 Å². The summed E-state index contributed by atoms with van der Waals surface area (Å²) in [6.07, 6.45) is 0. The Labute approximate surface area is 78.7 Å². The molecule has 0 amide bonds. The van der Waals surface area contributed by atoms with Crippen LogP contribution in [0.3, 0.4) is 0 Å². The second-order valence-electron chi connectivity index (χ2n) is 2.28. The molecule has 0 aromatic heterocycles. The van der Waals surface area contributed by atoms with Gasteiger partial charge in [0, 0.05) is 0 Å². The average molecular weight is 253 g/mol. The van der Waals surface area contributed by atoms with Crippen LogP contribution in [0.15, 0.2) is 0 Å². The van der Waals surface area contributed by atoms with Crippen LogP contribution in [0.1, 0.15) is 13.8 Å². The lowest BCUT2D eigenvalue weighted by molar-refractivity contribution is -0.132. The van der Waals surface area contributed by atoms with Crippen molar-refractivity contribution in [2.45, 2.75) is 19.1 Å². The summed E-state index contributed by atoms with van der Waals surface area (Å²) in [6, 6.07) is 0. The quantitative estimate of drug-likeness (QED) is 0.244. The van der Waals surface area contributed by atoms with Crippen LogP contribution in [0.4, 0.5) is 0 Å². The molecule has 7 nitrogen and oxygen atoms in total. The fourth-order valence-corrected chi connectivity index (χ4v) is 3.66. The third kappa shape index (κ3) is 8.96. The minimum absolute atomic E-state index is 0.163. The first-order valence-electron chi connectivity index (χ1n) is 3.09. The standard InChI is InChI=1S/C3H10O7P2S/c1-3(2)13-12(7,8)10-9-11(4,5)6/h3H,1-2H3,(H3-,4,5,6,7,8)/p+1. The van der Waals surface area contributed by atoms with E-state index < -0.39 is 14.5 Å². The average Bonchev–Trinajstić information content (AvgIpc) is 1.79. The molecule has 0 bridgehead atoms. The highest BCUT2D eigenvalue weighted by molar-refractivity contribution is 8.17. The molecule has 0 radical (unpaired) electrons. The first-order chi connectivity index (χ1) is 5.62. The summed E-state index contributed by atoms with van der Waals surface area (Å²) >= 11 is 0. The second kappa shape index (κ2) is 4.93. The van der Waals surface area contributed by atoms with Crippen molar-refractivity contribution in [1.29, 1.82) is 0 Å². The zero-order valence-electron chi connectivity index (χ0n) is 6.89. The van der Waals surface area contributed by atoms with E-state index in [1.807, 2.05) is 0 Å². The van der Waals surface area contributed by atoms with E-state index in [4.69, 9.17) is 19.6 Å². The molecule has 0 saturated heterocycles. The highest BCUT2D eigenvalue weighted by Crippen LogP contribution is 2.47. The summed E-state index contributed by atoms with van der Waals surface area (Å²) in [7, 11) is -4.20. The molecule has 0 aliphatic carbocycles. The van der Waals surface area contributed by atoms with Gasteiger partial charge in [-0.25, -0.2) is 4.57 Å². The van der Waals surface area contributed by atoms with Gasteiger partial charge in [0.15, 0.2) is 5.25 Å². The summed E-state index contributed by atoms with van der Waals surface area (Å²) in [4.78, 5) is 34.3. The monoisotopic (exact) mass is 253 g/mol. The van der Waals surface area contributed by atoms with Gasteiger partial charge in [0.25, 0.3) is 0 Å². The van der Waals surface area contributed by atoms with Crippen LogP contribution < -0.4 is 0 Å². The molecule has 0 unspecified atom stereocenters. The van der Waals surface area contributed by atoms with E-state index in [2.05, 4.69) is 9.35 Å². The first kappa shape index (κ1) is 13.6. The van der Waals surface area contributed by atoms with Crippen LogP contribution in [0, 0.1) is 0 Å². The van der Waals surface area contributed by atoms with Crippen molar-refractivity contribution in [3.63, 3.8) is 0 Å². The molecule has 0 fully saturated rings. The van der Waals surface area contributed by atoms with E-state index in [0.717, 1.165) is 0 Å². The van der Waals surface area contributed by atoms with Crippen LogP contribution in [0.25, 0.3) is 0 Å². The fraction of sp³-hybridized carbons (Fsp3) is 1.00. The summed E-state index contributed by atoms with van der Waals surface area (Å²) in [5, 5.41) is -0.163. The molecule has 0 heterocycles. The molecule has 4 N–H and O–H groups in total. The van der Waals surface area contributed by atoms with Crippen molar-refractivity contribution in [3.05, 3.63) is 0 Å². The Morgan fingerprint density at radius 1 is 1.15 bits per heavy atom. The third-order valence-electron chi connectivity index (χ3n) is 0.576. The number of hydrogen-bond donors (Lipinski definition) is 4. The summed E-state index contributed by atoms with van der Waals surface area (Å²) in [5.41, 5.74) is 0. The van der Waals surface area contributed by atoms with Crippen LogP contribution in [0.2, 0.25) is 0 Å². The summed E-state index contributed by atoms with van der Waals surface area (Å²) in [5.74, 6) is 0. The third-order valence-corrected chi connectivity index (χ3v) is 4.20. The van der Waals surface area contributed by atoms with Crippen LogP contribution in [-0.4, -0.2) is 24.8 Å². The maximum Gasteiger partial charge on any atom is 0.546 e. The first-order valence-corrected chi connectivity index (χ1v) is 7.71. The van der Waals surface area contributed by atoms with Crippen molar-refractivity contribution >= 4 is 25.5 Å². The molecular weight excluding hydrogens is 242 g/mol. The highest BCUT2D eigenvalue weighted by Gasteiger charge is 2.32. The molecule has 0 spiro atoms. The van der Waals surface area contributed by atoms with Crippen molar-refractivity contribution in [2.24, 2.45) is 0 Å². The molecule has 0 aliphatic heterocycles. The van der Waals surface area contributed by atoms with Gasteiger partial charge in [0.1, 0.15) is 0 Å². The van der Waals surface area contributed by atoms with Crippen molar-refractivity contribution < 1.29 is 33.5 Å². The topological polar surface area (TPSA) is 116 Å². The molecule has 0 aromatic carbocycles. The minimum Gasteiger partial charge on any atom is -0.301 e. The predicted octanol–water partition coefficient (Wildman–Crippen LogP) is 0.180. The largest absolute Gasteiger partial charge is 0.546 e. The SMILES string of the molecule is CC(C)[S+]=P(O)(O)OOP(=O)(O)O. The Hall–Kier alpha value is 0.640. The second-order valence-corrected chi connectivity index (χ2v) is 7.76. The van der Waals surface area contributed by atoms with Gasteiger partial charge in [-0.05, 0) is 13.8 Å². The smallest absolute Gasteiger partial charge is 0.301 e. The normalized spacial score (nSPS) is 13.5. The van der Waals surface area contributed by atoms with E-state index in [9.17, 15) is 4.57 Å². The van der Waals surface area contributed by atoms with Gasteiger partial charge >= 0.3 is 14.5 Å². The van der Waals surface area contributed by atoms with Crippen molar-refractivity contribution in [3.8, 4) is 0 Å². The lowest BCUT2D eigenvalue weighted by Crippen LogP contribution is -1.97. The molecule has 13 heavy (non-hydrogen) atoms. The molecule has 10 heteroatoms. The zero-order valence-corrected chi connectivity index (χ0v) is 9.50. The zero-order chi connectivity index (χ0) is 10.7. The van der Waals surface area contributed by atoms with Crippen molar-refractivity contribution in [1.82, 2.24) is 0 Å². The van der Waals surface area contributed by atoms with E-state index >= 15 is 0 Å². The predicted molar refractivity (Wildman–Crippen MR) is 48.1 cm³/mol. The number of rotatable bonds is 4. The van der Waals surface area contributed by atoms with Crippen LogP contribution in [0.5, 0.6) is 0 Å². The minimum atomic E-state index is -4.83. The molecule has 0 aromatic rings. The Balaban J connectivity index is 4.28. The molecule has 0 rings (SSSR count). The molecule has 0 atom stereocenters. The van der Waals surface area contributed by atoms with E-state index in [0.29, 0.717) is 10.9 Å². The molecule has 80 valence electrons. The Morgan fingerprint density at radius 2 is 1.62 bits per heavy atom. The Kier molecular flexibility index (Phi) is 5.17. The number of phosphoric acid groups is 1. The maximum atomic E-state index is 10.1. The van der Waals surface area contributed by atoms with E-state index in [1.54, 1.807) is 13.8 Å². The lowest BCUT2D eigenvalue weighted by atomic mass is 10.6. The van der Waals surface area contributed by atoms with Gasteiger partial charge in [-0.1, -0.05) is 0 Å². The lowest BCUT2D eigenvalue weighted by Gasteiger charge is -2.03. The van der Waals surface area contributed by atoms with E-state index in [-0.39, 0.29) is 5.25 Å². The highest BCUT2D eigenvalue weighted by atomic mass is 32.5. The van der Waals surface area contributed by atoms with Gasteiger partial charge in [-0.15, -0.1) is 9.35 Å². The Bertz CT molecular complexity index is 250.